The molecule has 0 bridgehead atoms. The Morgan fingerprint density at radius 1 is 0.647 bits per heavy atom. The van der Waals surface area contributed by atoms with Crippen molar-refractivity contribution < 1.29 is 4.74 Å². The standard InChI is InChI=1S/C16H26O/c1-3-5-7-9-11-13-15-17-16-14-12-10-8-6-4-2/h3-4,11-14H,1-2,5-10,15-16H2. The van der Waals surface area contributed by atoms with Gasteiger partial charge in [-0.3, -0.25) is 0 Å². The Morgan fingerprint density at radius 3 is 1.53 bits per heavy atom. The Bertz CT molecular complexity index is 202. The number of rotatable bonds is 12. The van der Waals surface area contributed by atoms with E-state index >= 15 is 0 Å². The lowest BCUT2D eigenvalue weighted by Gasteiger charge is -1.95. The fourth-order valence-electron chi connectivity index (χ4n) is 1.34. The molecule has 0 heterocycles. The smallest absolute Gasteiger partial charge is 0.0651 e. The van der Waals surface area contributed by atoms with Crippen LogP contribution in [0.1, 0.15) is 38.5 Å². The largest absolute Gasteiger partial charge is 0.373 e. The molecular formula is C16H26O. The van der Waals surface area contributed by atoms with E-state index in [-0.39, 0.29) is 0 Å². The molecule has 0 radical (unpaired) electrons. The summed E-state index contributed by atoms with van der Waals surface area (Å²) in [7, 11) is 0. The number of allylic oxidation sites excluding steroid dienone is 4. The van der Waals surface area contributed by atoms with Gasteiger partial charge in [-0.25, -0.2) is 0 Å². The number of unbranched alkanes of at least 4 members (excludes halogenated alkanes) is 4. The van der Waals surface area contributed by atoms with Crippen LogP contribution in [0.25, 0.3) is 0 Å². The molecule has 96 valence electrons. The summed E-state index contributed by atoms with van der Waals surface area (Å²) >= 11 is 0. The molecule has 1 heteroatoms. The van der Waals surface area contributed by atoms with E-state index < -0.39 is 0 Å². The van der Waals surface area contributed by atoms with Crippen molar-refractivity contribution in [3.63, 3.8) is 0 Å². The monoisotopic (exact) mass is 234 g/mol. The summed E-state index contributed by atoms with van der Waals surface area (Å²) in [6.07, 6.45) is 19.3. The summed E-state index contributed by atoms with van der Waals surface area (Å²) in [6, 6.07) is 0. The van der Waals surface area contributed by atoms with E-state index in [1.807, 2.05) is 12.2 Å². The molecule has 0 aromatic heterocycles. The molecule has 0 unspecified atom stereocenters. The molecule has 0 atom stereocenters. The van der Waals surface area contributed by atoms with Crippen molar-refractivity contribution >= 4 is 0 Å². The summed E-state index contributed by atoms with van der Waals surface area (Å²) in [5, 5.41) is 0. The Labute approximate surface area is 107 Å². The second-order valence-corrected chi connectivity index (χ2v) is 3.92. The molecule has 0 aromatic rings. The van der Waals surface area contributed by atoms with E-state index in [1.165, 1.54) is 12.8 Å². The van der Waals surface area contributed by atoms with Crippen LogP contribution in [-0.2, 0) is 4.74 Å². The molecule has 0 rings (SSSR count). The molecular weight excluding hydrogens is 208 g/mol. The first-order chi connectivity index (χ1) is 8.41. The predicted molar refractivity (Wildman–Crippen MR) is 77.2 cm³/mol. The quantitative estimate of drug-likeness (QED) is 0.347. The fourth-order valence-corrected chi connectivity index (χ4v) is 1.34. The maximum atomic E-state index is 5.43. The SMILES string of the molecule is C=CCCCC=CCOCC=CCCCC=C. The van der Waals surface area contributed by atoms with Crippen LogP contribution in [0, 0.1) is 0 Å². The average molecular weight is 234 g/mol. The summed E-state index contributed by atoms with van der Waals surface area (Å²) in [5.74, 6) is 0. The highest BCUT2D eigenvalue weighted by atomic mass is 16.5. The topological polar surface area (TPSA) is 9.23 Å². The first-order valence-electron chi connectivity index (χ1n) is 6.51. The minimum absolute atomic E-state index is 0.713. The molecule has 0 spiro atoms. The summed E-state index contributed by atoms with van der Waals surface area (Å²) in [6.45, 7) is 8.81. The molecule has 0 aromatic carbocycles. The third-order valence-electron chi connectivity index (χ3n) is 2.32. The van der Waals surface area contributed by atoms with Crippen molar-refractivity contribution in [2.24, 2.45) is 0 Å². The highest BCUT2D eigenvalue weighted by molar-refractivity contribution is 4.85. The van der Waals surface area contributed by atoms with Crippen LogP contribution in [0.5, 0.6) is 0 Å². The van der Waals surface area contributed by atoms with Gasteiger partial charge in [-0.2, -0.15) is 0 Å². The van der Waals surface area contributed by atoms with E-state index in [4.69, 9.17) is 4.74 Å². The first kappa shape index (κ1) is 15.9. The van der Waals surface area contributed by atoms with Crippen molar-refractivity contribution in [3.05, 3.63) is 49.6 Å². The van der Waals surface area contributed by atoms with Gasteiger partial charge < -0.3 is 4.74 Å². The van der Waals surface area contributed by atoms with Gasteiger partial charge in [0.25, 0.3) is 0 Å². The lowest BCUT2D eigenvalue weighted by molar-refractivity contribution is 0.193. The van der Waals surface area contributed by atoms with Crippen LogP contribution in [0.4, 0.5) is 0 Å². The van der Waals surface area contributed by atoms with Crippen molar-refractivity contribution in [1.82, 2.24) is 0 Å². The average Bonchev–Trinajstić information content (AvgIpc) is 2.35. The molecule has 0 saturated heterocycles. The van der Waals surface area contributed by atoms with Gasteiger partial charge in [-0.15, -0.1) is 13.2 Å². The molecule has 0 amide bonds. The van der Waals surface area contributed by atoms with Gasteiger partial charge in [0.2, 0.25) is 0 Å². The Balaban J connectivity index is 3.16. The highest BCUT2D eigenvalue weighted by Gasteiger charge is 1.82. The van der Waals surface area contributed by atoms with Crippen molar-refractivity contribution in [3.8, 4) is 0 Å². The summed E-state index contributed by atoms with van der Waals surface area (Å²) in [5.41, 5.74) is 0. The van der Waals surface area contributed by atoms with Gasteiger partial charge in [0.15, 0.2) is 0 Å². The zero-order valence-electron chi connectivity index (χ0n) is 10.9. The number of hydrogen-bond acceptors (Lipinski definition) is 1. The Hall–Kier alpha value is -1.08. The van der Waals surface area contributed by atoms with Crippen LogP contribution in [0.2, 0.25) is 0 Å². The summed E-state index contributed by atoms with van der Waals surface area (Å²) < 4.78 is 5.43. The van der Waals surface area contributed by atoms with E-state index in [0.717, 1.165) is 25.7 Å². The van der Waals surface area contributed by atoms with Crippen LogP contribution >= 0.6 is 0 Å². The van der Waals surface area contributed by atoms with Gasteiger partial charge in [-0.05, 0) is 38.5 Å². The maximum absolute atomic E-state index is 5.43. The van der Waals surface area contributed by atoms with Crippen molar-refractivity contribution in [1.29, 1.82) is 0 Å². The van der Waals surface area contributed by atoms with Gasteiger partial charge >= 0.3 is 0 Å². The Morgan fingerprint density at radius 2 is 1.12 bits per heavy atom. The predicted octanol–water partition coefficient (Wildman–Crippen LogP) is 4.83. The summed E-state index contributed by atoms with van der Waals surface area (Å²) in [4.78, 5) is 0. The molecule has 0 N–H and O–H groups in total. The third kappa shape index (κ3) is 14.9. The number of hydrogen-bond donors (Lipinski definition) is 0. The molecule has 0 saturated carbocycles. The minimum Gasteiger partial charge on any atom is -0.373 e. The van der Waals surface area contributed by atoms with Crippen molar-refractivity contribution in [2.75, 3.05) is 13.2 Å². The second-order valence-electron chi connectivity index (χ2n) is 3.92. The van der Waals surface area contributed by atoms with Crippen LogP contribution in [-0.4, -0.2) is 13.2 Å². The van der Waals surface area contributed by atoms with E-state index in [9.17, 15) is 0 Å². The Kier molecular flexibility index (Phi) is 14.0. The van der Waals surface area contributed by atoms with E-state index in [2.05, 4.69) is 37.5 Å². The highest BCUT2D eigenvalue weighted by Crippen LogP contribution is 1.97. The van der Waals surface area contributed by atoms with Gasteiger partial charge in [0.05, 0.1) is 13.2 Å². The third-order valence-corrected chi connectivity index (χ3v) is 2.32. The van der Waals surface area contributed by atoms with Gasteiger partial charge in [-0.1, -0.05) is 36.5 Å². The lowest BCUT2D eigenvalue weighted by Crippen LogP contribution is -1.90. The molecule has 17 heavy (non-hydrogen) atoms. The van der Waals surface area contributed by atoms with Crippen LogP contribution < -0.4 is 0 Å². The fraction of sp³-hybridized carbons (Fsp3) is 0.500. The normalized spacial score (nSPS) is 11.3. The van der Waals surface area contributed by atoms with Crippen LogP contribution in [0.3, 0.4) is 0 Å². The maximum Gasteiger partial charge on any atom is 0.0651 e. The molecule has 0 aliphatic rings. The first-order valence-corrected chi connectivity index (χ1v) is 6.51. The van der Waals surface area contributed by atoms with E-state index in [1.54, 1.807) is 0 Å². The van der Waals surface area contributed by atoms with E-state index in [0.29, 0.717) is 13.2 Å². The van der Waals surface area contributed by atoms with Crippen LogP contribution in [0.15, 0.2) is 49.6 Å². The molecule has 0 aliphatic heterocycles. The molecule has 0 aliphatic carbocycles. The lowest BCUT2D eigenvalue weighted by atomic mass is 10.2. The second kappa shape index (κ2) is 14.9. The molecule has 1 nitrogen and oxygen atoms in total. The minimum atomic E-state index is 0.713. The number of ether oxygens (including phenoxy) is 1. The zero-order chi connectivity index (χ0) is 12.6. The van der Waals surface area contributed by atoms with Gasteiger partial charge in [0.1, 0.15) is 0 Å². The van der Waals surface area contributed by atoms with Gasteiger partial charge in [0, 0.05) is 0 Å². The van der Waals surface area contributed by atoms with Crippen molar-refractivity contribution in [2.45, 2.75) is 38.5 Å². The molecule has 0 fully saturated rings. The zero-order valence-corrected chi connectivity index (χ0v) is 10.9.